The molecule has 10 heteroatoms. The van der Waals surface area contributed by atoms with Gasteiger partial charge in [-0.15, -0.1) is 6.58 Å². The van der Waals surface area contributed by atoms with Gasteiger partial charge in [0, 0.05) is 57.9 Å². The molecule has 2 saturated heterocycles. The summed E-state index contributed by atoms with van der Waals surface area (Å²) in [5, 5.41) is 24.1. The van der Waals surface area contributed by atoms with Crippen molar-refractivity contribution in [3.05, 3.63) is 106 Å². The predicted octanol–water partition coefficient (Wildman–Crippen LogP) is 10.7. The molecule has 1 aromatic heterocycles. The first-order valence-electron chi connectivity index (χ1n) is 21.7. The number of ether oxygens (including phenoxy) is 2. The summed E-state index contributed by atoms with van der Waals surface area (Å²) in [6, 6.07) is 14.7. The fraction of sp³-hybridized carbons (Fsp3) is 0.500. The zero-order valence-corrected chi connectivity index (χ0v) is 40.1. The van der Waals surface area contributed by atoms with Crippen molar-refractivity contribution in [2.24, 2.45) is 15.9 Å². The average molecular weight is 888 g/mol. The number of hydrogen-bond acceptors (Lipinski definition) is 9. The number of pyridine rings is 1. The maximum absolute atomic E-state index is 14.9. The topological polar surface area (TPSA) is 117 Å². The standard InChI is InChI=1S/C52H68N4O5.Co/c1-15-43-31-19-21-56(43)44(24-31)47(37-18-20-54-41-17-16-36(60-14)27-38(37)41)61-48(59)42(55-29-33-23-35(50(5,6)7)26-40(46(33)58)52(11,12)13)30-53-28-32-22-34(49(2,3)4)25-39(45(32)57)51(8,9)10;/h15-18,20,22-23,25-29,31,42-44,47,57-58H,1,19,21,24,30H2,2-14H3;/q;+3/t31?,42-,43?,44?,47+;/m0./s1. The number of rotatable bonds is 11. The molecule has 0 saturated carbocycles. The van der Waals surface area contributed by atoms with Gasteiger partial charge in [-0.05, 0) is 94.5 Å². The van der Waals surface area contributed by atoms with Crippen LogP contribution < -0.4 is 4.74 Å². The van der Waals surface area contributed by atoms with Crippen LogP contribution in [0.15, 0.2) is 77.4 Å². The van der Waals surface area contributed by atoms with E-state index in [0.717, 1.165) is 58.1 Å². The van der Waals surface area contributed by atoms with Crippen LogP contribution in [0.25, 0.3) is 10.9 Å². The maximum Gasteiger partial charge on any atom is 3.00 e. The summed E-state index contributed by atoms with van der Waals surface area (Å²) >= 11 is 0. The molecule has 3 heterocycles. The zero-order valence-electron chi connectivity index (χ0n) is 39.1. The van der Waals surface area contributed by atoms with E-state index in [1.54, 1.807) is 25.7 Å². The molecule has 2 aliphatic rings. The summed E-state index contributed by atoms with van der Waals surface area (Å²) < 4.78 is 12.4. The fourth-order valence-electron chi connectivity index (χ4n) is 8.82. The minimum Gasteiger partial charge on any atom is -0.507 e. The number of fused-ring (bicyclic) bond motifs is 3. The van der Waals surface area contributed by atoms with Crippen molar-refractivity contribution < 1.29 is 41.3 Å². The molecule has 2 N–H and O–H groups in total. The number of aromatic nitrogens is 1. The molecule has 0 radical (unpaired) electrons. The predicted molar refractivity (Wildman–Crippen MR) is 249 cm³/mol. The van der Waals surface area contributed by atoms with Crippen LogP contribution in [-0.4, -0.2) is 76.8 Å². The van der Waals surface area contributed by atoms with Gasteiger partial charge in [-0.1, -0.05) is 101 Å². The van der Waals surface area contributed by atoms with Crippen molar-refractivity contribution in [3.63, 3.8) is 0 Å². The quantitative estimate of drug-likeness (QED) is 0.0875. The Morgan fingerprint density at radius 3 is 1.95 bits per heavy atom. The molecule has 2 aliphatic heterocycles. The first-order valence-corrected chi connectivity index (χ1v) is 21.7. The van der Waals surface area contributed by atoms with E-state index in [2.05, 4.69) is 112 Å². The van der Waals surface area contributed by atoms with E-state index in [4.69, 9.17) is 19.5 Å². The van der Waals surface area contributed by atoms with E-state index >= 15 is 0 Å². The molecule has 6 atom stereocenters. The summed E-state index contributed by atoms with van der Waals surface area (Å²) in [6.45, 7) is 30.3. The molecule has 0 amide bonds. The van der Waals surface area contributed by atoms with Crippen LogP contribution in [0, 0.1) is 5.92 Å². The van der Waals surface area contributed by atoms with E-state index in [1.807, 2.05) is 42.5 Å². The van der Waals surface area contributed by atoms with Gasteiger partial charge in [0.15, 0.2) is 6.04 Å². The Balaban J connectivity index is 0.00000726. The second-order valence-electron chi connectivity index (χ2n) is 21.2. The molecule has 332 valence electrons. The molecule has 9 nitrogen and oxygen atoms in total. The minimum absolute atomic E-state index is 0. The molecule has 3 aromatic carbocycles. The summed E-state index contributed by atoms with van der Waals surface area (Å²) in [5.74, 6) is 0.831. The van der Waals surface area contributed by atoms with E-state index in [0.29, 0.717) is 22.8 Å². The van der Waals surface area contributed by atoms with Crippen LogP contribution in [-0.2, 0) is 48.0 Å². The largest absolute Gasteiger partial charge is 3.00 e. The van der Waals surface area contributed by atoms with Gasteiger partial charge in [0.2, 0.25) is 0 Å². The second-order valence-corrected chi connectivity index (χ2v) is 21.2. The van der Waals surface area contributed by atoms with Crippen LogP contribution in [0.2, 0.25) is 0 Å². The third kappa shape index (κ3) is 10.3. The number of hydrogen-bond donors (Lipinski definition) is 2. The third-order valence-electron chi connectivity index (χ3n) is 12.5. The van der Waals surface area contributed by atoms with Crippen LogP contribution in [0.4, 0.5) is 0 Å². The van der Waals surface area contributed by atoms with Crippen LogP contribution in [0.5, 0.6) is 17.2 Å². The Morgan fingerprint density at radius 2 is 1.44 bits per heavy atom. The van der Waals surface area contributed by atoms with E-state index < -0.39 is 18.1 Å². The first kappa shape index (κ1) is 48.5. The Morgan fingerprint density at radius 1 is 0.855 bits per heavy atom. The van der Waals surface area contributed by atoms with Crippen molar-refractivity contribution in [2.45, 2.75) is 142 Å². The van der Waals surface area contributed by atoms with E-state index in [9.17, 15) is 15.0 Å². The molecule has 2 bridgehead atoms. The second kappa shape index (κ2) is 18.3. The Hall–Kier alpha value is -4.51. The van der Waals surface area contributed by atoms with Gasteiger partial charge in [-0.2, -0.15) is 0 Å². The van der Waals surface area contributed by atoms with Crippen molar-refractivity contribution in [3.8, 4) is 17.2 Å². The molecule has 2 fully saturated rings. The fourth-order valence-corrected chi connectivity index (χ4v) is 8.82. The summed E-state index contributed by atoms with van der Waals surface area (Å²) in [6.07, 6.45) is 8.26. The summed E-state index contributed by atoms with van der Waals surface area (Å²) in [4.78, 5) is 31.7. The normalized spacial score (nSPS) is 20.4. The van der Waals surface area contributed by atoms with Gasteiger partial charge < -0.3 is 19.7 Å². The molecular weight excluding hydrogens is 820 g/mol. The van der Waals surface area contributed by atoms with Crippen molar-refractivity contribution in [1.82, 2.24) is 9.88 Å². The Bertz CT molecular complexity index is 2340. The Labute approximate surface area is 380 Å². The number of aliphatic imine (C=N–C) groups is 2. The van der Waals surface area contributed by atoms with Gasteiger partial charge in [0.1, 0.15) is 23.4 Å². The average Bonchev–Trinajstić information content (AvgIpc) is 3.74. The Kier molecular flexibility index (Phi) is 14.3. The molecule has 0 spiro atoms. The number of aromatic hydroxyl groups is 2. The smallest absolute Gasteiger partial charge is 0.507 e. The van der Waals surface area contributed by atoms with Gasteiger partial charge in [-0.3, -0.25) is 19.9 Å². The van der Waals surface area contributed by atoms with E-state index in [-0.39, 0.29) is 68.6 Å². The number of methoxy groups -OCH3 is 1. The number of carbonyl (C=O) groups is 1. The van der Waals surface area contributed by atoms with E-state index in [1.165, 1.54) is 0 Å². The first-order chi connectivity index (χ1) is 28.4. The zero-order chi connectivity index (χ0) is 44.8. The monoisotopic (exact) mass is 887 g/mol. The van der Waals surface area contributed by atoms with Crippen molar-refractivity contribution >= 4 is 29.3 Å². The van der Waals surface area contributed by atoms with Crippen LogP contribution in [0.3, 0.4) is 0 Å². The molecule has 4 unspecified atom stereocenters. The number of esters is 1. The summed E-state index contributed by atoms with van der Waals surface area (Å²) in [7, 11) is 1.64. The van der Waals surface area contributed by atoms with Crippen molar-refractivity contribution in [1.29, 1.82) is 0 Å². The van der Waals surface area contributed by atoms with Crippen molar-refractivity contribution in [2.75, 3.05) is 20.2 Å². The van der Waals surface area contributed by atoms with Gasteiger partial charge in [0.05, 0.1) is 25.2 Å². The van der Waals surface area contributed by atoms with Crippen LogP contribution in [0.1, 0.15) is 141 Å². The molecular formula is C52H68CoN4O5+3. The van der Waals surface area contributed by atoms with Gasteiger partial charge >= 0.3 is 22.7 Å². The number of phenols is 2. The SMILES string of the molecule is C=CC1C2CCN1C([C@H](OC(=O)[C@H](CN=Cc1cc(C(C)(C)C)cc(C(C)(C)C)c1O)N=Cc1cc(C(C)(C)C)cc(C(C)(C)C)c1O)c1ccnc3ccc(OC)cc13)C2.[Co+3]. The number of nitrogens with zero attached hydrogens (tertiary/aromatic N) is 4. The number of piperidine rings is 1. The summed E-state index contributed by atoms with van der Waals surface area (Å²) in [5.41, 5.74) is 5.35. The van der Waals surface area contributed by atoms with Gasteiger partial charge in [0.25, 0.3) is 0 Å². The molecule has 0 aliphatic carbocycles. The maximum atomic E-state index is 14.9. The van der Waals surface area contributed by atoms with Crippen LogP contribution >= 0.6 is 0 Å². The number of phenolic OH excluding ortho intramolecular Hbond substituents is 2. The number of benzene rings is 3. The molecule has 4 aromatic rings. The molecule has 6 rings (SSSR count). The number of carbonyl (C=O) groups excluding carboxylic acids is 1. The third-order valence-corrected chi connectivity index (χ3v) is 12.5. The van der Waals surface area contributed by atoms with Gasteiger partial charge in [-0.25, -0.2) is 4.79 Å². The molecule has 62 heavy (non-hydrogen) atoms. The minimum atomic E-state index is -1.09.